The van der Waals surface area contributed by atoms with E-state index >= 15 is 0 Å². The van der Waals surface area contributed by atoms with Crippen LogP contribution in [-0.2, 0) is 12.0 Å². The number of halogens is 1. The number of rotatable bonds is 3. The fraction of sp³-hybridized carbons (Fsp3) is 0.176. The Balaban J connectivity index is 1.98. The minimum absolute atomic E-state index is 0.608. The van der Waals surface area contributed by atoms with Gasteiger partial charge in [-0.25, -0.2) is 0 Å². The molecule has 1 atom stereocenters. The van der Waals surface area contributed by atoms with Crippen molar-refractivity contribution in [2.45, 2.75) is 18.9 Å². The molecule has 3 rings (SSSR count). The first-order valence-corrected chi connectivity index (χ1v) is 8.17. The monoisotopic (exact) mass is 346 g/mol. The van der Waals surface area contributed by atoms with Gasteiger partial charge in [-0.2, -0.15) is 0 Å². The predicted octanol–water partition coefficient (Wildman–Crippen LogP) is 5.11. The summed E-state index contributed by atoms with van der Waals surface area (Å²) in [5.74, 6) is 0. The Morgan fingerprint density at radius 1 is 1.10 bits per heavy atom. The molecule has 0 aliphatic rings. The second kappa shape index (κ2) is 5.32. The van der Waals surface area contributed by atoms with Gasteiger partial charge in [-0.05, 0) is 41.5 Å². The van der Waals surface area contributed by atoms with E-state index in [1.54, 1.807) is 11.3 Å². The third-order valence-electron chi connectivity index (χ3n) is 3.52. The molecule has 0 spiro atoms. The molecule has 0 radical (unpaired) electrons. The van der Waals surface area contributed by atoms with Crippen LogP contribution in [-0.4, -0.2) is 5.11 Å². The zero-order valence-corrected chi connectivity index (χ0v) is 13.5. The molecule has 3 heteroatoms. The van der Waals surface area contributed by atoms with Gasteiger partial charge in [0.1, 0.15) is 0 Å². The summed E-state index contributed by atoms with van der Waals surface area (Å²) in [5.41, 5.74) is 1.28. The van der Waals surface area contributed by atoms with E-state index in [0.29, 0.717) is 6.42 Å². The van der Waals surface area contributed by atoms with E-state index in [9.17, 15) is 5.11 Å². The van der Waals surface area contributed by atoms with Crippen LogP contribution in [0.3, 0.4) is 0 Å². The Bertz CT molecular complexity index is 728. The number of thiophene rings is 1. The highest BCUT2D eigenvalue weighted by atomic mass is 79.9. The Morgan fingerprint density at radius 2 is 1.85 bits per heavy atom. The van der Waals surface area contributed by atoms with Gasteiger partial charge in [-0.15, -0.1) is 11.3 Å². The Morgan fingerprint density at radius 3 is 2.60 bits per heavy atom. The summed E-state index contributed by atoms with van der Waals surface area (Å²) in [6.45, 7) is 1.89. The van der Waals surface area contributed by atoms with Crippen LogP contribution in [0, 0.1) is 0 Å². The van der Waals surface area contributed by atoms with E-state index in [1.165, 1.54) is 10.1 Å². The second-order valence-corrected chi connectivity index (χ2v) is 7.05. The molecule has 20 heavy (non-hydrogen) atoms. The van der Waals surface area contributed by atoms with Crippen molar-refractivity contribution < 1.29 is 5.11 Å². The lowest BCUT2D eigenvalue weighted by molar-refractivity contribution is 0.0593. The minimum Gasteiger partial charge on any atom is -0.385 e. The van der Waals surface area contributed by atoms with Crippen molar-refractivity contribution in [3.63, 3.8) is 0 Å². The highest BCUT2D eigenvalue weighted by Gasteiger charge is 2.26. The van der Waals surface area contributed by atoms with Crippen LogP contribution in [0.25, 0.3) is 10.1 Å². The zero-order valence-electron chi connectivity index (χ0n) is 11.1. The van der Waals surface area contributed by atoms with E-state index < -0.39 is 5.60 Å². The normalized spacial score (nSPS) is 14.3. The lowest BCUT2D eigenvalue weighted by Gasteiger charge is -2.25. The van der Waals surface area contributed by atoms with Crippen LogP contribution in [0.5, 0.6) is 0 Å². The third kappa shape index (κ3) is 2.66. The highest BCUT2D eigenvalue weighted by Crippen LogP contribution is 2.34. The Hall–Kier alpha value is -1.16. The summed E-state index contributed by atoms with van der Waals surface area (Å²) in [6.07, 6.45) is 0.608. The lowest BCUT2D eigenvalue weighted by atomic mass is 9.88. The van der Waals surface area contributed by atoms with Gasteiger partial charge in [0.05, 0.1) is 5.60 Å². The number of hydrogen-bond acceptors (Lipinski definition) is 2. The molecule has 0 aliphatic heterocycles. The third-order valence-corrected chi connectivity index (χ3v) is 5.01. The molecule has 0 amide bonds. The molecule has 0 aliphatic carbocycles. The molecular weight excluding hydrogens is 332 g/mol. The van der Waals surface area contributed by atoms with E-state index in [-0.39, 0.29) is 0 Å². The van der Waals surface area contributed by atoms with Crippen LogP contribution in [0.15, 0.2) is 58.4 Å². The zero-order chi connectivity index (χ0) is 14.2. The SMILES string of the molecule is CC(O)(Cc1ccc(Br)cc1)c1cccc2ccsc12. The van der Waals surface area contributed by atoms with Crippen molar-refractivity contribution in [1.82, 2.24) is 0 Å². The smallest absolute Gasteiger partial charge is 0.0922 e. The van der Waals surface area contributed by atoms with E-state index in [4.69, 9.17) is 0 Å². The van der Waals surface area contributed by atoms with Gasteiger partial charge in [0, 0.05) is 21.2 Å². The summed E-state index contributed by atoms with van der Waals surface area (Å²) in [7, 11) is 0. The van der Waals surface area contributed by atoms with Gasteiger partial charge in [0.15, 0.2) is 0 Å². The van der Waals surface area contributed by atoms with E-state index in [1.807, 2.05) is 43.3 Å². The molecule has 102 valence electrons. The molecule has 0 saturated heterocycles. The Labute approximate surface area is 131 Å². The molecule has 1 unspecified atom stereocenters. The van der Waals surface area contributed by atoms with Crippen molar-refractivity contribution >= 4 is 37.4 Å². The number of hydrogen-bond donors (Lipinski definition) is 1. The molecule has 1 nitrogen and oxygen atoms in total. The standard InChI is InChI=1S/C17H15BrOS/c1-17(19,11-12-5-7-14(18)8-6-12)15-4-2-3-13-9-10-20-16(13)15/h2-10,19H,11H2,1H3. The van der Waals surface area contributed by atoms with Gasteiger partial charge < -0.3 is 5.11 Å². The lowest BCUT2D eigenvalue weighted by Crippen LogP contribution is -2.24. The summed E-state index contributed by atoms with van der Waals surface area (Å²) in [5, 5.41) is 14.2. The van der Waals surface area contributed by atoms with Gasteiger partial charge in [-0.3, -0.25) is 0 Å². The first kappa shape index (κ1) is 13.8. The number of benzene rings is 2. The van der Waals surface area contributed by atoms with Crippen LogP contribution < -0.4 is 0 Å². The molecule has 0 fully saturated rings. The molecule has 1 heterocycles. The van der Waals surface area contributed by atoms with Gasteiger partial charge >= 0.3 is 0 Å². The average Bonchev–Trinajstić information content (AvgIpc) is 2.89. The van der Waals surface area contributed by atoms with Crippen molar-refractivity contribution in [1.29, 1.82) is 0 Å². The van der Waals surface area contributed by atoms with Gasteiger partial charge in [0.25, 0.3) is 0 Å². The number of aliphatic hydroxyl groups is 1. The van der Waals surface area contributed by atoms with Crippen LogP contribution in [0.2, 0.25) is 0 Å². The quantitative estimate of drug-likeness (QED) is 0.698. The Kier molecular flexibility index (Phi) is 3.67. The molecule has 1 aromatic heterocycles. The van der Waals surface area contributed by atoms with Crippen molar-refractivity contribution in [3.8, 4) is 0 Å². The largest absolute Gasteiger partial charge is 0.385 e. The maximum absolute atomic E-state index is 10.9. The van der Waals surface area contributed by atoms with E-state index in [0.717, 1.165) is 15.6 Å². The van der Waals surface area contributed by atoms with Gasteiger partial charge in [-0.1, -0.05) is 46.3 Å². The van der Waals surface area contributed by atoms with Crippen molar-refractivity contribution in [3.05, 3.63) is 69.5 Å². The molecule has 1 N–H and O–H groups in total. The summed E-state index contributed by atoms with van der Waals surface area (Å²) >= 11 is 5.12. The topological polar surface area (TPSA) is 20.2 Å². The van der Waals surface area contributed by atoms with Crippen molar-refractivity contribution in [2.75, 3.05) is 0 Å². The summed E-state index contributed by atoms with van der Waals surface area (Å²) in [4.78, 5) is 0. The van der Waals surface area contributed by atoms with E-state index in [2.05, 4.69) is 33.4 Å². The number of fused-ring (bicyclic) bond motifs is 1. The van der Waals surface area contributed by atoms with Crippen LogP contribution in [0.4, 0.5) is 0 Å². The van der Waals surface area contributed by atoms with Crippen molar-refractivity contribution in [2.24, 2.45) is 0 Å². The van der Waals surface area contributed by atoms with Gasteiger partial charge in [0.2, 0.25) is 0 Å². The fourth-order valence-electron chi connectivity index (χ4n) is 2.51. The van der Waals surface area contributed by atoms with Crippen LogP contribution >= 0.6 is 27.3 Å². The van der Waals surface area contributed by atoms with Crippen LogP contribution in [0.1, 0.15) is 18.1 Å². The first-order valence-electron chi connectivity index (χ1n) is 6.50. The maximum atomic E-state index is 10.9. The molecule has 3 aromatic rings. The molecule has 0 saturated carbocycles. The minimum atomic E-state index is -0.863. The maximum Gasteiger partial charge on any atom is 0.0922 e. The first-order chi connectivity index (χ1) is 9.56. The predicted molar refractivity (Wildman–Crippen MR) is 89.2 cm³/mol. The summed E-state index contributed by atoms with van der Waals surface area (Å²) < 4.78 is 2.23. The molecule has 0 bridgehead atoms. The molecule has 2 aromatic carbocycles. The molecular formula is C17H15BrOS. The fourth-order valence-corrected chi connectivity index (χ4v) is 3.81. The average molecular weight is 347 g/mol. The summed E-state index contributed by atoms with van der Waals surface area (Å²) in [6, 6.07) is 16.3. The second-order valence-electron chi connectivity index (χ2n) is 5.22. The highest BCUT2D eigenvalue weighted by molar-refractivity contribution is 9.10.